The van der Waals surface area contributed by atoms with Crippen LogP contribution in [0.15, 0.2) is 109 Å². The number of benzene rings is 6. The van der Waals surface area contributed by atoms with E-state index in [-0.39, 0.29) is 30.1 Å². The molecule has 2 heterocycles. The first kappa shape index (κ1) is 52.1. The highest BCUT2D eigenvalue weighted by Crippen LogP contribution is 2.40. The number of nitrogens with zero attached hydrogens (tertiary/aromatic N) is 2. The molecule has 0 saturated heterocycles. The molecule has 68 heavy (non-hydrogen) atoms. The highest BCUT2D eigenvalue weighted by Gasteiger charge is 2.36. The molecule has 10 nitrogen and oxygen atoms in total. The number of nitrogens with two attached hydrogens (primary N) is 1. The van der Waals surface area contributed by atoms with E-state index >= 15 is 0 Å². The summed E-state index contributed by atoms with van der Waals surface area (Å²) in [5.74, 6) is -0.352. The zero-order chi connectivity index (χ0) is 48.8. The largest absolute Gasteiger partial charge is 0.496 e. The third-order valence-electron chi connectivity index (χ3n) is 9.76. The first-order valence-electron chi connectivity index (χ1n) is 19.6. The van der Waals surface area contributed by atoms with Crippen molar-refractivity contribution in [1.29, 1.82) is 0 Å². The molecule has 0 unspecified atom stereocenters. The van der Waals surface area contributed by atoms with Crippen LogP contribution in [-0.4, -0.2) is 49.6 Å². The van der Waals surface area contributed by atoms with E-state index in [1.54, 1.807) is 36.6 Å². The van der Waals surface area contributed by atoms with E-state index in [1.807, 2.05) is 37.3 Å². The predicted octanol–water partition coefficient (Wildman–Crippen LogP) is 14.2. The van der Waals surface area contributed by atoms with Crippen molar-refractivity contribution >= 4 is 77.2 Å². The zero-order valence-corrected chi connectivity index (χ0v) is 38.7. The minimum atomic E-state index is -4.66. The Hall–Kier alpha value is -6.89. The number of carbonyl (C=O) groups is 2. The molecule has 0 atom stereocenters. The number of ether oxygens (including phenoxy) is 4. The van der Waals surface area contributed by atoms with Gasteiger partial charge in [-0.1, -0.05) is 19.6 Å². The summed E-state index contributed by atoms with van der Waals surface area (Å²) in [6.45, 7) is 4.10. The number of nitrogen functional groups attached to an aromatic ring is 1. The molecular formula is C49H43ClF6N4O6S2. The van der Waals surface area contributed by atoms with Gasteiger partial charge in [0.1, 0.15) is 33.0 Å². The number of hydrogen-bond acceptors (Lipinski definition) is 11. The normalized spacial score (nSPS) is 11.1. The van der Waals surface area contributed by atoms with Gasteiger partial charge in [-0.15, -0.1) is 22.7 Å². The molecule has 8 aromatic rings. The Morgan fingerprint density at radius 3 is 1.47 bits per heavy atom. The number of rotatable bonds is 9. The van der Waals surface area contributed by atoms with E-state index in [4.69, 9.17) is 31.5 Å². The van der Waals surface area contributed by atoms with Crippen molar-refractivity contribution in [2.75, 3.05) is 39.5 Å². The first-order valence-corrected chi connectivity index (χ1v) is 21.6. The monoisotopic (exact) mass is 996 g/mol. The fraction of sp³-hybridized carbons (Fsp3) is 0.184. The van der Waals surface area contributed by atoms with E-state index in [0.29, 0.717) is 28.9 Å². The third-order valence-corrected chi connectivity index (χ3v) is 12.1. The number of methoxy groups -OCH3 is 4. The van der Waals surface area contributed by atoms with Crippen LogP contribution in [0.5, 0.6) is 23.0 Å². The average Bonchev–Trinajstić information content (AvgIpc) is 3.92. The van der Waals surface area contributed by atoms with Crippen LogP contribution in [0.1, 0.15) is 50.4 Å². The first-order chi connectivity index (χ1) is 31.7. The molecule has 0 aliphatic heterocycles. The lowest BCUT2D eigenvalue weighted by Gasteiger charge is -2.14. The fourth-order valence-electron chi connectivity index (χ4n) is 6.40. The molecule has 0 fully saturated rings. The molecule has 2 aromatic heterocycles. The maximum absolute atomic E-state index is 13.3. The van der Waals surface area contributed by atoms with Crippen LogP contribution in [0.3, 0.4) is 0 Å². The molecule has 0 bridgehead atoms. The molecule has 0 radical (unpaired) electrons. The summed E-state index contributed by atoms with van der Waals surface area (Å²) in [5, 5.41) is 3.45. The van der Waals surface area contributed by atoms with Gasteiger partial charge in [-0.05, 0) is 134 Å². The number of alkyl halides is 6. The number of amides is 1. The standard InChI is InChI=1S/C24H19F3N2O3S.C15H14N2OS.C9H6ClF3O2.CH4/c1-13-4-7-18-21(10-13)33-23(29-18)15-5-8-17(20(12-15)32-3)28-22(30)14-6-9-19(31-2)16(11-14)24(25,26)27;1-9-3-6-12-14(7-9)19-15(17-12)10-4-5-11(16)13(8-10)18-2;1-15-7-3-2-5(8(10)14)4-6(7)9(11,12)13;/h4-12H,1-3H3,(H,28,30);3-8H,16H2,1-2H3;2-4H,1H3;1H4. The summed E-state index contributed by atoms with van der Waals surface area (Å²) in [4.78, 5) is 32.7. The Labute approximate surface area is 400 Å². The maximum atomic E-state index is 13.3. The van der Waals surface area contributed by atoms with Gasteiger partial charge in [0.25, 0.3) is 11.1 Å². The molecule has 1 amide bonds. The third kappa shape index (κ3) is 12.4. The van der Waals surface area contributed by atoms with Gasteiger partial charge >= 0.3 is 12.4 Å². The number of nitrogens with one attached hydrogen (secondary N) is 1. The van der Waals surface area contributed by atoms with Crippen LogP contribution < -0.4 is 30.0 Å². The van der Waals surface area contributed by atoms with E-state index < -0.39 is 34.6 Å². The molecule has 19 heteroatoms. The van der Waals surface area contributed by atoms with Gasteiger partial charge in [0, 0.05) is 22.3 Å². The molecule has 0 spiro atoms. The SMILES string of the molecule is C.COc1cc(-c2nc3ccc(C)cc3s2)ccc1N.COc1cc(-c2nc3ccc(C)cc3s2)ccc1NC(=O)c1ccc(OC)c(C(F)(F)F)c1.COc1ccc(C(=O)Cl)cc1C(F)(F)F. The van der Waals surface area contributed by atoms with Gasteiger partial charge in [0.2, 0.25) is 0 Å². The lowest BCUT2D eigenvalue weighted by molar-refractivity contribution is -0.139. The number of aryl methyl sites for hydroxylation is 2. The fourth-order valence-corrected chi connectivity index (χ4v) is 8.64. The van der Waals surface area contributed by atoms with Crippen LogP contribution in [0.25, 0.3) is 41.6 Å². The van der Waals surface area contributed by atoms with Gasteiger partial charge in [-0.3, -0.25) is 9.59 Å². The van der Waals surface area contributed by atoms with E-state index in [0.717, 1.165) is 74.9 Å². The second-order valence-electron chi connectivity index (χ2n) is 14.4. The molecule has 6 aromatic carbocycles. The quantitative estimate of drug-likeness (QED) is 0.0823. The van der Waals surface area contributed by atoms with Crippen molar-refractivity contribution in [3.05, 3.63) is 143 Å². The average molecular weight is 997 g/mol. The summed E-state index contributed by atoms with van der Waals surface area (Å²) >= 11 is 8.29. The molecule has 8 rings (SSSR count). The van der Waals surface area contributed by atoms with Crippen molar-refractivity contribution in [2.45, 2.75) is 33.6 Å². The number of thiazole rings is 2. The van der Waals surface area contributed by atoms with E-state index in [1.165, 1.54) is 40.8 Å². The Morgan fingerprint density at radius 2 is 1.01 bits per heavy atom. The van der Waals surface area contributed by atoms with Crippen molar-refractivity contribution in [1.82, 2.24) is 9.97 Å². The number of fused-ring (bicyclic) bond motifs is 2. The Morgan fingerprint density at radius 1 is 0.574 bits per heavy atom. The van der Waals surface area contributed by atoms with Gasteiger partial charge in [0.05, 0.1) is 71.4 Å². The highest BCUT2D eigenvalue weighted by molar-refractivity contribution is 7.22. The van der Waals surface area contributed by atoms with Gasteiger partial charge < -0.3 is 30.0 Å². The van der Waals surface area contributed by atoms with Crippen molar-refractivity contribution in [3.8, 4) is 44.1 Å². The van der Waals surface area contributed by atoms with E-state index in [9.17, 15) is 35.9 Å². The molecule has 0 aliphatic rings. The smallest absolute Gasteiger partial charge is 0.419 e. The molecule has 0 aliphatic carbocycles. The Balaban J connectivity index is 0.000000209. The Bertz CT molecular complexity index is 3100. The molecule has 356 valence electrons. The second-order valence-corrected chi connectivity index (χ2v) is 16.8. The van der Waals surface area contributed by atoms with Crippen LogP contribution in [0, 0.1) is 13.8 Å². The highest BCUT2D eigenvalue weighted by atomic mass is 35.5. The van der Waals surface area contributed by atoms with E-state index in [2.05, 4.69) is 51.2 Å². The number of carbonyl (C=O) groups excluding carboxylic acids is 2. The predicted molar refractivity (Wildman–Crippen MR) is 258 cm³/mol. The second kappa shape index (κ2) is 21.8. The summed E-state index contributed by atoms with van der Waals surface area (Å²) in [6, 6.07) is 29.2. The number of aromatic nitrogens is 2. The number of anilines is 2. The minimum Gasteiger partial charge on any atom is -0.496 e. The maximum Gasteiger partial charge on any atom is 0.419 e. The van der Waals surface area contributed by atoms with Crippen LogP contribution in [-0.2, 0) is 12.4 Å². The zero-order valence-electron chi connectivity index (χ0n) is 36.3. The van der Waals surface area contributed by atoms with Crippen LogP contribution in [0.4, 0.5) is 37.7 Å². The topological polar surface area (TPSA) is 135 Å². The summed E-state index contributed by atoms with van der Waals surface area (Å²) in [5.41, 5.74) is 10.5. The lowest BCUT2D eigenvalue weighted by atomic mass is 10.1. The minimum absolute atomic E-state index is 0. The van der Waals surface area contributed by atoms with Gasteiger partial charge in [0.15, 0.2) is 0 Å². The summed E-state index contributed by atoms with van der Waals surface area (Å²) in [7, 11) is 5.33. The van der Waals surface area contributed by atoms with Gasteiger partial charge in [-0.25, -0.2) is 9.97 Å². The molecule has 0 saturated carbocycles. The Kier molecular flexibility index (Phi) is 16.7. The molecular weight excluding hydrogens is 954 g/mol. The summed E-state index contributed by atoms with van der Waals surface area (Å²) in [6.07, 6.45) is -9.23. The van der Waals surface area contributed by atoms with Gasteiger partial charge in [-0.2, -0.15) is 26.3 Å². The lowest BCUT2D eigenvalue weighted by Crippen LogP contribution is -2.15. The summed E-state index contributed by atoms with van der Waals surface area (Å²) < 4.78 is 99.4. The van der Waals surface area contributed by atoms with Crippen LogP contribution >= 0.6 is 34.3 Å². The molecule has 3 N–H and O–H groups in total. The number of hydrogen-bond donors (Lipinski definition) is 2. The van der Waals surface area contributed by atoms with Crippen molar-refractivity contribution in [2.24, 2.45) is 0 Å². The van der Waals surface area contributed by atoms with Crippen molar-refractivity contribution in [3.63, 3.8) is 0 Å². The van der Waals surface area contributed by atoms with Crippen molar-refractivity contribution < 1.29 is 54.9 Å². The van der Waals surface area contributed by atoms with Crippen LogP contribution in [0.2, 0.25) is 0 Å². The number of halogens is 7.